The van der Waals surface area contributed by atoms with Crippen LogP contribution >= 0.6 is 11.6 Å². The number of rotatable bonds is 6. The van der Waals surface area contributed by atoms with E-state index in [1.165, 1.54) is 32.1 Å². The molecular weight excluding hydrogens is 284 g/mol. The third-order valence-electron chi connectivity index (χ3n) is 4.81. The molecule has 0 radical (unpaired) electrons. The van der Waals surface area contributed by atoms with Crippen molar-refractivity contribution in [3.8, 4) is 5.75 Å². The van der Waals surface area contributed by atoms with Gasteiger partial charge in [0.15, 0.2) is 0 Å². The standard InChI is InChI=1S/C18H27ClO2/c1-3-4-5-13-6-8-14(9-7-13)18(20)16-12-15(19)10-11-17(16)21-2/h10-14,18,20H,3-9H2,1-2H3. The summed E-state index contributed by atoms with van der Waals surface area (Å²) < 4.78 is 5.37. The molecule has 0 aromatic heterocycles. The normalized spacial score (nSPS) is 23.8. The van der Waals surface area contributed by atoms with Gasteiger partial charge in [0.1, 0.15) is 5.75 Å². The molecule has 1 N–H and O–H groups in total. The summed E-state index contributed by atoms with van der Waals surface area (Å²) in [7, 11) is 1.64. The lowest BCUT2D eigenvalue weighted by Crippen LogP contribution is -2.21. The predicted molar refractivity (Wildman–Crippen MR) is 87.9 cm³/mol. The summed E-state index contributed by atoms with van der Waals surface area (Å²) in [6.45, 7) is 2.25. The fourth-order valence-corrected chi connectivity index (χ4v) is 3.66. The summed E-state index contributed by atoms with van der Waals surface area (Å²) in [6.07, 6.45) is 8.18. The molecule has 1 aromatic carbocycles. The van der Waals surface area contributed by atoms with Gasteiger partial charge in [0, 0.05) is 10.6 Å². The van der Waals surface area contributed by atoms with Crippen molar-refractivity contribution < 1.29 is 9.84 Å². The molecule has 0 aliphatic heterocycles. The van der Waals surface area contributed by atoms with Crippen molar-refractivity contribution in [3.63, 3.8) is 0 Å². The Kier molecular flexibility index (Phi) is 6.38. The van der Waals surface area contributed by atoms with Crippen molar-refractivity contribution in [2.45, 2.75) is 58.0 Å². The second-order valence-electron chi connectivity index (χ2n) is 6.25. The molecule has 3 heteroatoms. The summed E-state index contributed by atoms with van der Waals surface area (Å²) in [4.78, 5) is 0. The first-order chi connectivity index (χ1) is 10.2. The lowest BCUT2D eigenvalue weighted by Gasteiger charge is -2.32. The lowest BCUT2D eigenvalue weighted by molar-refractivity contribution is 0.0700. The van der Waals surface area contributed by atoms with Crippen molar-refractivity contribution >= 4 is 11.6 Å². The average Bonchev–Trinajstić information content (AvgIpc) is 2.52. The molecule has 2 nitrogen and oxygen atoms in total. The van der Waals surface area contributed by atoms with Crippen LogP contribution in [0.2, 0.25) is 5.02 Å². The minimum Gasteiger partial charge on any atom is -0.496 e. The first-order valence-electron chi connectivity index (χ1n) is 8.17. The average molecular weight is 311 g/mol. The van der Waals surface area contributed by atoms with E-state index in [1.807, 2.05) is 12.1 Å². The van der Waals surface area contributed by atoms with Crippen LogP contribution in [0.3, 0.4) is 0 Å². The smallest absolute Gasteiger partial charge is 0.124 e. The molecule has 0 amide bonds. The molecule has 1 aromatic rings. The van der Waals surface area contributed by atoms with Gasteiger partial charge < -0.3 is 9.84 Å². The zero-order chi connectivity index (χ0) is 15.2. The van der Waals surface area contributed by atoms with E-state index < -0.39 is 6.10 Å². The number of hydrogen-bond acceptors (Lipinski definition) is 2. The second-order valence-corrected chi connectivity index (χ2v) is 6.69. The van der Waals surface area contributed by atoms with Gasteiger partial charge in [-0.25, -0.2) is 0 Å². The number of methoxy groups -OCH3 is 1. The molecule has 1 fully saturated rings. The summed E-state index contributed by atoms with van der Waals surface area (Å²) in [6, 6.07) is 5.49. The van der Waals surface area contributed by atoms with Crippen LogP contribution in [0.15, 0.2) is 18.2 Å². The highest BCUT2D eigenvalue weighted by molar-refractivity contribution is 6.30. The topological polar surface area (TPSA) is 29.5 Å². The molecule has 1 unspecified atom stereocenters. The Balaban J connectivity index is 1.98. The van der Waals surface area contributed by atoms with Gasteiger partial charge in [-0.2, -0.15) is 0 Å². The maximum atomic E-state index is 10.7. The first kappa shape index (κ1) is 16.6. The Morgan fingerprint density at radius 2 is 2.00 bits per heavy atom. The summed E-state index contributed by atoms with van der Waals surface area (Å²) >= 11 is 6.07. The predicted octanol–water partition coefficient (Wildman–Crippen LogP) is 5.38. The second kappa shape index (κ2) is 8.05. The first-order valence-corrected chi connectivity index (χ1v) is 8.55. The maximum absolute atomic E-state index is 10.7. The Labute approximate surface area is 133 Å². The van der Waals surface area contributed by atoms with Crippen LogP contribution < -0.4 is 4.74 Å². The molecule has 1 saturated carbocycles. The number of aliphatic hydroxyl groups is 1. The van der Waals surface area contributed by atoms with Crippen LogP contribution in [0.1, 0.15) is 63.5 Å². The minimum atomic E-state index is -0.467. The number of aliphatic hydroxyl groups excluding tert-OH is 1. The maximum Gasteiger partial charge on any atom is 0.124 e. The molecule has 2 rings (SSSR count). The van der Waals surface area contributed by atoms with E-state index in [1.54, 1.807) is 13.2 Å². The largest absolute Gasteiger partial charge is 0.496 e. The number of unbranched alkanes of at least 4 members (excludes halogenated alkanes) is 1. The van der Waals surface area contributed by atoms with E-state index in [4.69, 9.17) is 16.3 Å². The van der Waals surface area contributed by atoms with Gasteiger partial charge in [0.05, 0.1) is 13.2 Å². The van der Waals surface area contributed by atoms with Gasteiger partial charge >= 0.3 is 0 Å². The van der Waals surface area contributed by atoms with Gasteiger partial charge in [0.2, 0.25) is 0 Å². The fraction of sp³-hybridized carbons (Fsp3) is 0.667. The van der Waals surface area contributed by atoms with E-state index in [9.17, 15) is 5.11 Å². The van der Waals surface area contributed by atoms with Crippen LogP contribution in [-0.2, 0) is 0 Å². The van der Waals surface area contributed by atoms with Gasteiger partial charge in [-0.3, -0.25) is 0 Å². The molecule has 118 valence electrons. The highest BCUT2D eigenvalue weighted by Crippen LogP contribution is 2.41. The van der Waals surface area contributed by atoms with Crippen molar-refractivity contribution in [2.24, 2.45) is 11.8 Å². The van der Waals surface area contributed by atoms with Crippen molar-refractivity contribution in [2.75, 3.05) is 7.11 Å². The summed E-state index contributed by atoms with van der Waals surface area (Å²) in [5.41, 5.74) is 0.835. The van der Waals surface area contributed by atoms with Crippen LogP contribution in [0.25, 0.3) is 0 Å². The SMILES string of the molecule is CCCCC1CCC(C(O)c2cc(Cl)ccc2OC)CC1. The van der Waals surface area contributed by atoms with Gasteiger partial charge in [-0.1, -0.05) is 50.6 Å². The minimum absolute atomic E-state index is 0.329. The van der Waals surface area contributed by atoms with Crippen LogP contribution in [0, 0.1) is 11.8 Å². The molecule has 1 aliphatic rings. The fourth-order valence-electron chi connectivity index (χ4n) is 3.48. The van der Waals surface area contributed by atoms with Gasteiger partial charge in [-0.15, -0.1) is 0 Å². The summed E-state index contributed by atoms with van der Waals surface area (Å²) in [5.74, 6) is 1.92. The molecule has 1 aliphatic carbocycles. The number of hydrogen-bond donors (Lipinski definition) is 1. The van der Waals surface area contributed by atoms with E-state index >= 15 is 0 Å². The quantitative estimate of drug-likeness (QED) is 0.764. The van der Waals surface area contributed by atoms with Gasteiger partial charge in [-0.05, 0) is 42.9 Å². The van der Waals surface area contributed by atoms with Crippen LogP contribution in [0.5, 0.6) is 5.75 Å². The van der Waals surface area contributed by atoms with Crippen molar-refractivity contribution in [3.05, 3.63) is 28.8 Å². The van der Waals surface area contributed by atoms with E-state index in [0.29, 0.717) is 10.9 Å². The monoisotopic (exact) mass is 310 g/mol. The van der Waals surface area contributed by atoms with Crippen LogP contribution in [-0.4, -0.2) is 12.2 Å². The molecule has 0 spiro atoms. The molecule has 0 bridgehead atoms. The van der Waals surface area contributed by atoms with Gasteiger partial charge in [0.25, 0.3) is 0 Å². The van der Waals surface area contributed by atoms with Crippen LogP contribution in [0.4, 0.5) is 0 Å². The third kappa shape index (κ3) is 4.37. The number of benzene rings is 1. The lowest BCUT2D eigenvalue weighted by atomic mass is 9.76. The number of halogens is 1. The molecule has 0 heterocycles. The number of ether oxygens (including phenoxy) is 1. The Hall–Kier alpha value is -0.730. The molecule has 0 saturated heterocycles. The highest BCUT2D eigenvalue weighted by atomic mass is 35.5. The summed E-state index contributed by atoms with van der Waals surface area (Å²) in [5, 5.41) is 11.4. The Morgan fingerprint density at radius 3 is 2.62 bits per heavy atom. The molecular formula is C18H27ClO2. The molecule has 21 heavy (non-hydrogen) atoms. The Bertz CT molecular complexity index is 439. The van der Waals surface area contributed by atoms with E-state index in [2.05, 4.69) is 6.92 Å². The van der Waals surface area contributed by atoms with Crippen molar-refractivity contribution in [1.82, 2.24) is 0 Å². The molecule has 1 atom stereocenters. The van der Waals surface area contributed by atoms with E-state index in [-0.39, 0.29) is 0 Å². The Morgan fingerprint density at radius 1 is 1.29 bits per heavy atom. The zero-order valence-corrected chi connectivity index (χ0v) is 13.9. The highest BCUT2D eigenvalue weighted by Gasteiger charge is 2.28. The third-order valence-corrected chi connectivity index (χ3v) is 5.05. The van der Waals surface area contributed by atoms with Crippen molar-refractivity contribution in [1.29, 1.82) is 0 Å². The zero-order valence-electron chi connectivity index (χ0n) is 13.1. The van der Waals surface area contributed by atoms with E-state index in [0.717, 1.165) is 30.1 Å².